The summed E-state index contributed by atoms with van der Waals surface area (Å²) in [7, 11) is 0. The largest absolute Gasteiger partial charge is 0.388 e. The van der Waals surface area contributed by atoms with E-state index in [-0.39, 0.29) is 17.8 Å². The van der Waals surface area contributed by atoms with Gasteiger partial charge in [-0.1, -0.05) is 19.9 Å². The highest BCUT2D eigenvalue weighted by Gasteiger charge is 2.24. The maximum Gasteiger partial charge on any atom is 0.282 e. The quantitative estimate of drug-likeness (QED) is 0.598. The highest BCUT2D eigenvalue weighted by atomic mass is 16.6. The van der Waals surface area contributed by atoms with E-state index >= 15 is 0 Å². The molecule has 122 valence electrons. The predicted octanol–water partition coefficient (Wildman–Crippen LogP) is 2.82. The summed E-state index contributed by atoms with van der Waals surface area (Å²) in [6.07, 6.45) is 1.40. The second-order valence-corrected chi connectivity index (χ2v) is 6.39. The normalized spacial score (nSPS) is 13.7. The Morgan fingerprint density at radius 1 is 1.45 bits per heavy atom. The molecule has 1 amide bonds. The molecular weight excluding hydrogens is 284 g/mol. The van der Waals surface area contributed by atoms with Gasteiger partial charge in [0, 0.05) is 12.6 Å². The van der Waals surface area contributed by atoms with E-state index in [1.807, 2.05) is 0 Å². The zero-order valence-electron chi connectivity index (χ0n) is 13.5. The van der Waals surface area contributed by atoms with Crippen LogP contribution in [0.5, 0.6) is 0 Å². The van der Waals surface area contributed by atoms with Gasteiger partial charge >= 0.3 is 0 Å². The Morgan fingerprint density at radius 3 is 2.64 bits per heavy atom. The Balaban J connectivity index is 2.77. The van der Waals surface area contributed by atoms with Crippen molar-refractivity contribution in [2.75, 3.05) is 6.54 Å². The van der Waals surface area contributed by atoms with Crippen molar-refractivity contribution in [3.05, 3.63) is 39.4 Å². The first-order chi connectivity index (χ1) is 10.1. The molecule has 0 radical (unpaired) electrons. The first-order valence-electron chi connectivity index (χ1n) is 7.38. The number of hydrogen-bond acceptors (Lipinski definition) is 4. The van der Waals surface area contributed by atoms with E-state index in [0.29, 0.717) is 12.3 Å². The maximum atomic E-state index is 12.2. The number of aliphatic hydroxyl groups is 1. The summed E-state index contributed by atoms with van der Waals surface area (Å²) >= 11 is 0. The van der Waals surface area contributed by atoms with E-state index in [2.05, 4.69) is 19.2 Å². The van der Waals surface area contributed by atoms with Crippen LogP contribution in [-0.4, -0.2) is 28.1 Å². The topological polar surface area (TPSA) is 92.5 Å². The molecule has 1 rings (SSSR count). The van der Waals surface area contributed by atoms with Crippen LogP contribution in [0.3, 0.4) is 0 Å². The average molecular weight is 308 g/mol. The molecule has 6 heteroatoms. The van der Waals surface area contributed by atoms with E-state index in [1.54, 1.807) is 19.9 Å². The van der Waals surface area contributed by atoms with E-state index < -0.39 is 16.4 Å². The van der Waals surface area contributed by atoms with Gasteiger partial charge in [-0.2, -0.15) is 0 Å². The Morgan fingerprint density at radius 2 is 2.09 bits per heavy atom. The lowest BCUT2D eigenvalue weighted by Gasteiger charge is -2.24. The zero-order valence-corrected chi connectivity index (χ0v) is 13.5. The van der Waals surface area contributed by atoms with Crippen LogP contribution >= 0.6 is 0 Å². The van der Waals surface area contributed by atoms with Gasteiger partial charge in [0.05, 0.1) is 10.5 Å². The van der Waals surface area contributed by atoms with Gasteiger partial charge in [-0.3, -0.25) is 14.9 Å². The van der Waals surface area contributed by atoms with Crippen LogP contribution in [-0.2, 0) is 0 Å². The van der Waals surface area contributed by atoms with Crippen molar-refractivity contribution < 1.29 is 14.8 Å². The van der Waals surface area contributed by atoms with Crippen LogP contribution in [0.2, 0.25) is 0 Å². The molecule has 2 N–H and O–H groups in total. The van der Waals surface area contributed by atoms with Gasteiger partial charge in [0.15, 0.2) is 0 Å². The molecule has 0 saturated carbocycles. The van der Waals surface area contributed by atoms with Gasteiger partial charge in [-0.15, -0.1) is 0 Å². The lowest BCUT2D eigenvalue weighted by atomic mass is 9.95. The second kappa shape index (κ2) is 7.35. The second-order valence-electron chi connectivity index (χ2n) is 6.39. The summed E-state index contributed by atoms with van der Waals surface area (Å²) in [6.45, 7) is 7.60. The minimum atomic E-state index is -1.03. The first kappa shape index (κ1) is 18.1. The molecule has 1 aromatic carbocycles. The Labute approximate surface area is 130 Å². The van der Waals surface area contributed by atoms with E-state index in [9.17, 15) is 20.0 Å². The fourth-order valence-corrected chi connectivity index (χ4v) is 2.04. The minimum absolute atomic E-state index is 0.0182. The molecule has 1 aromatic rings. The van der Waals surface area contributed by atoms with Gasteiger partial charge in [-0.05, 0) is 44.2 Å². The Bertz CT molecular complexity index is 553. The van der Waals surface area contributed by atoms with Crippen molar-refractivity contribution in [3.8, 4) is 0 Å². The molecule has 0 spiro atoms. The summed E-state index contributed by atoms with van der Waals surface area (Å²) in [5, 5.41) is 23.8. The van der Waals surface area contributed by atoms with E-state index in [1.165, 1.54) is 12.1 Å². The van der Waals surface area contributed by atoms with Crippen molar-refractivity contribution in [3.63, 3.8) is 0 Å². The molecule has 6 nitrogen and oxygen atoms in total. The molecule has 0 aromatic heterocycles. The Kier molecular flexibility index (Phi) is 6.05. The third kappa shape index (κ3) is 5.44. The van der Waals surface area contributed by atoms with Crippen LogP contribution in [0.25, 0.3) is 0 Å². The number of rotatable bonds is 7. The number of nitrogens with zero attached hydrogens (tertiary/aromatic N) is 1. The number of benzene rings is 1. The summed E-state index contributed by atoms with van der Waals surface area (Å²) in [6, 6.07) is 4.39. The minimum Gasteiger partial charge on any atom is -0.388 e. The number of carbonyl (C=O) groups excluding carboxylic acids is 1. The number of amides is 1. The molecule has 0 aliphatic carbocycles. The monoisotopic (exact) mass is 308 g/mol. The van der Waals surface area contributed by atoms with Gasteiger partial charge in [0.1, 0.15) is 5.56 Å². The molecule has 1 unspecified atom stereocenters. The Hall–Kier alpha value is -1.95. The number of aryl methyl sites for hydroxylation is 1. The highest BCUT2D eigenvalue weighted by Crippen LogP contribution is 2.20. The maximum absolute atomic E-state index is 12.2. The molecule has 0 aliphatic rings. The van der Waals surface area contributed by atoms with E-state index in [0.717, 1.165) is 12.0 Å². The lowest BCUT2D eigenvalue weighted by molar-refractivity contribution is -0.385. The fourth-order valence-electron chi connectivity index (χ4n) is 2.04. The molecular formula is C16H24N2O4. The number of nitrogens with one attached hydrogen (secondary N) is 1. The predicted molar refractivity (Wildman–Crippen MR) is 84.9 cm³/mol. The van der Waals surface area contributed by atoms with Crippen molar-refractivity contribution in [1.82, 2.24) is 5.32 Å². The molecule has 0 bridgehead atoms. The number of hydrogen-bond donors (Lipinski definition) is 2. The summed E-state index contributed by atoms with van der Waals surface area (Å²) in [4.78, 5) is 22.6. The standard InChI is InChI=1S/C16H24N2O4/c1-11(2)7-8-16(4,20)10-17-15(19)13-9-12(3)5-6-14(13)18(21)22/h5-6,9,11,20H,7-8,10H2,1-4H3,(H,17,19). The third-order valence-corrected chi connectivity index (χ3v) is 3.48. The number of nitro benzene ring substituents is 1. The van der Waals surface area contributed by atoms with Gasteiger partial charge < -0.3 is 10.4 Å². The van der Waals surface area contributed by atoms with Crippen molar-refractivity contribution in [2.24, 2.45) is 5.92 Å². The highest BCUT2D eigenvalue weighted by molar-refractivity contribution is 5.98. The first-order valence-corrected chi connectivity index (χ1v) is 7.38. The zero-order chi connectivity index (χ0) is 16.9. The summed E-state index contributed by atoms with van der Waals surface area (Å²) in [5.74, 6) is -0.0831. The summed E-state index contributed by atoms with van der Waals surface area (Å²) < 4.78 is 0. The smallest absolute Gasteiger partial charge is 0.282 e. The molecule has 22 heavy (non-hydrogen) atoms. The van der Waals surface area contributed by atoms with Crippen LogP contribution in [0.1, 0.15) is 49.5 Å². The molecule has 1 atom stereocenters. The summed E-state index contributed by atoms with van der Waals surface area (Å²) in [5.41, 5.74) is -0.477. The molecule has 0 fully saturated rings. The third-order valence-electron chi connectivity index (χ3n) is 3.48. The van der Waals surface area contributed by atoms with Crippen LogP contribution in [0.15, 0.2) is 18.2 Å². The SMILES string of the molecule is Cc1ccc([N+](=O)[O-])c(C(=O)NCC(C)(O)CCC(C)C)c1. The fraction of sp³-hybridized carbons (Fsp3) is 0.562. The number of carbonyl (C=O) groups is 1. The van der Waals surface area contributed by atoms with Crippen LogP contribution < -0.4 is 5.32 Å². The van der Waals surface area contributed by atoms with Gasteiger partial charge in [0.25, 0.3) is 11.6 Å². The van der Waals surface area contributed by atoms with Crippen molar-refractivity contribution in [1.29, 1.82) is 0 Å². The van der Waals surface area contributed by atoms with E-state index in [4.69, 9.17) is 0 Å². The molecule has 0 heterocycles. The van der Waals surface area contributed by atoms with Crippen molar-refractivity contribution in [2.45, 2.75) is 46.1 Å². The molecule has 0 aliphatic heterocycles. The molecule has 0 saturated heterocycles. The lowest BCUT2D eigenvalue weighted by Crippen LogP contribution is -2.41. The van der Waals surface area contributed by atoms with Gasteiger partial charge in [0.2, 0.25) is 0 Å². The van der Waals surface area contributed by atoms with Crippen LogP contribution in [0.4, 0.5) is 5.69 Å². The van der Waals surface area contributed by atoms with Crippen molar-refractivity contribution >= 4 is 11.6 Å². The van der Waals surface area contributed by atoms with Gasteiger partial charge in [-0.25, -0.2) is 0 Å². The van der Waals surface area contributed by atoms with Crippen LogP contribution in [0, 0.1) is 23.0 Å². The number of nitro groups is 1. The average Bonchev–Trinajstić information content (AvgIpc) is 2.42.